The smallest absolute Gasteiger partial charge is 0.330 e. The van der Waals surface area contributed by atoms with E-state index >= 15 is 0 Å². The average molecular weight is 463 g/mol. The third-order valence-electron chi connectivity index (χ3n) is 8.40. The average Bonchev–Trinajstić information content (AvgIpc) is 2.85. The van der Waals surface area contributed by atoms with Crippen molar-refractivity contribution in [2.45, 2.75) is 71.1 Å². The summed E-state index contributed by atoms with van der Waals surface area (Å²) >= 11 is 0. The van der Waals surface area contributed by atoms with Crippen LogP contribution < -0.4 is 11.5 Å². The number of hydrogen-bond acceptors (Lipinski definition) is 4. The lowest BCUT2D eigenvalue weighted by Gasteiger charge is -2.38. The van der Waals surface area contributed by atoms with Crippen molar-refractivity contribution in [3.8, 4) is 0 Å². The Balaban J connectivity index is 1.15. The Labute approximate surface area is 205 Å². The Hall–Kier alpha value is -2.49. The maximum atomic E-state index is 12.1. The van der Waals surface area contributed by atoms with E-state index in [1.54, 1.807) is 12.1 Å². The molecule has 4 rings (SSSR count). The molecule has 4 heteroatoms. The molecule has 1 atom stereocenters. The number of esters is 1. The van der Waals surface area contributed by atoms with E-state index in [9.17, 15) is 4.79 Å². The van der Waals surface area contributed by atoms with Crippen molar-refractivity contribution in [2.75, 3.05) is 18.1 Å². The summed E-state index contributed by atoms with van der Waals surface area (Å²) in [5.41, 5.74) is 15.4. The molecule has 1 unspecified atom stereocenters. The van der Waals surface area contributed by atoms with Crippen LogP contribution in [0.2, 0.25) is 0 Å². The highest BCUT2D eigenvalue weighted by molar-refractivity contribution is 5.82. The normalized spacial score (nSPS) is 29.7. The van der Waals surface area contributed by atoms with Crippen LogP contribution in [0.1, 0.15) is 70.3 Å². The molecule has 0 saturated heterocycles. The van der Waals surface area contributed by atoms with Gasteiger partial charge in [-0.1, -0.05) is 50.1 Å². The third-order valence-corrected chi connectivity index (χ3v) is 8.40. The number of allylic oxidation sites excluding steroid dienone is 5. The van der Waals surface area contributed by atoms with Crippen molar-refractivity contribution in [2.24, 2.45) is 29.6 Å². The predicted octanol–water partition coefficient (Wildman–Crippen LogP) is 6.63. The maximum absolute atomic E-state index is 12.1. The summed E-state index contributed by atoms with van der Waals surface area (Å²) in [4.78, 5) is 12.1. The van der Waals surface area contributed by atoms with E-state index in [2.05, 4.69) is 25.2 Å². The number of carbonyl (C=O) groups is 1. The fraction of sp³-hybridized carbons (Fsp3) is 0.567. The fourth-order valence-electron chi connectivity index (χ4n) is 6.13. The Kier molecular flexibility index (Phi) is 8.53. The molecule has 2 fully saturated rings. The van der Waals surface area contributed by atoms with Gasteiger partial charge >= 0.3 is 5.97 Å². The van der Waals surface area contributed by atoms with Gasteiger partial charge in [0.05, 0.1) is 6.61 Å². The highest BCUT2D eigenvalue weighted by Crippen LogP contribution is 2.43. The van der Waals surface area contributed by atoms with Crippen LogP contribution in [0.4, 0.5) is 11.4 Å². The van der Waals surface area contributed by atoms with Gasteiger partial charge in [0.15, 0.2) is 0 Å². The number of rotatable bonds is 7. The van der Waals surface area contributed by atoms with Gasteiger partial charge in [-0.2, -0.15) is 0 Å². The molecule has 34 heavy (non-hydrogen) atoms. The van der Waals surface area contributed by atoms with Gasteiger partial charge in [-0.05, 0) is 97.8 Å². The Morgan fingerprint density at radius 1 is 1.03 bits per heavy atom. The third kappa shape index (κ3) is 6.77. The number of ether oxygens (including phenoxy) is 1. The highest BCUT2D eigenvalue weighted by Gasteiger charge is 2.30. The van der Waals surface area contributed by atoms with E-state index in [1.807, 2.05) is 18.2 Å². The summed E-state index contributed by atoms with van der Waals surface area (Å²) in [7, 11) is 0. The van der Waals surface area contributed by atoms with Gasteiger partial charge in [-0.15, -0.1) is 0 Å². The number of nitrogens with two attached hydrogens (primary N) is 2. The second-order valence-electron chi connectivity index (χ2n) is 10.8. The molecule has 4 N–H and O–H groups in total. The minimum atomic E-state index is -0.298. The summed E-state index contributed by atoms with van der Waals surface area (Å²) in [6.07, 6.45) is 23.4. The molecular formula is C30H42N2O2. The molecule has 0 bridgehead atoms. The molecule has 0 aliphatic heterocycles. The topological polar surface area (TPSA) is 78.3 Å². The van der Waals surface area contributed by atoms with Crippen LogP contribution in [0.25, 0.3) is 0 Å². The largest absolute Gasteiger partial charge is 0.462 e. The summed E-state index contributed by atoms with van der Waals surface area (Å²) < 4.78 is 5.35. The SMILES string of the molecule is CC1CCC(C2CCC(C3=CCC(/C=C/C(=O)OCCc4ccc(N)cc4N)C=C3)CC2)CC1. The van der Waals surface area contributed by atoms with E-state index in [0.29, 0.717) is 24.4 Å². The number of benzene rings is 1. The van der Waals surface area contributed by atoms with Gasteiger partial charge in [-0.25, -0.2) is 4.79 Å². The van der Waals surface area contributed by atoms with Crippen molar-refractivity contribution in [3.63, 3.8) is 0 Å². The van der Waals surface area contributed by atoms with Gasteiger partial charge in [-0.3, -0.25) is 0 Å². The van der Waals surface area contributed by atoms with Crippen LogP contribution >= 0.6 is 0 Å². The van der Waals surface area contributed by atoms with Gasteiger partial charge < -0.3 is 16.2 Å². The van der Waals surface area contributed by atoms with Crippen LogP contribution in [-0.4, -0.2) is 12.6 Å². The Morgan fingerprint density at radius 2 is 1.74 bits per heavy atom. The quantitative estimate of drug-likeness (QED) is 0.271. The summed E-state index contributed by atoms with van der Waals surface area (Å²) in [5.74, 6) is 3.60. The van der Waals surface area contributed by atoms with Gasteiger partial charge in [0.25, 0.3) is 0 Å². The number of hydrogen-bond donors (Lipinski definition) is 2. The first-order chi connectivity index (χ1) is 16.5. The first-order valence-corrected chi connectivity index (χ1v) is 13.3. The summed E-state index contributed by atoms with van der Waals surface area (Å²) in [5, 5.41) is 0. The molecule has 0 radical (unpaired) electrons. The number of nitrogen functional groups attached to an aromatic ring is 2. The summed E-state index contributed by atoms with van der Waals surface area (Å²) in [6, 6.07) is 5.43. The van der Waals surface area contributed by atoms with E-state index in [-0.39, 0.29) is 11.9 Å². The van der Waals surface area contributed by atoms with Crippen LogP contribution in [0.15, 0.2) is 54.2 Å². The minimum absolute atomic E-state index is 0.268. The van der Waals surface area contributed by atoms with E-state index < -0.39 is 0 Å². The number of anilines is 2. The van der Waals surface area contributed by atoms with E-state index in [0.717, 1.165) is 35.7 Å². The first-order valence-electron chi connectivity index (χ1n) is 13.3. The van der Waals surface area contributed by atoms with Crippen molar-refractivity contribution >= 4 is 17.3 Å². The van der Waals surface area contributed by atoms with Crippen LogP contribution in [0, 0.1) is 29.6 Å². The fourth-order valence-corrected chi connectivity index (χ4v) is 6.13. The molecule has 2 saturated carbocycles. The second kappa shape index (κ2) is 11.8. The molecule has 1 aromatic rings. The van der Waals surface area contributed by atoms with Crippen LogP contribution in [0.5, 0.6) is 0 Å². The lowest BCUT2D eigenvalue weighted by atomic mass is 9.68. The maximum Gasteiger partial charge on any atom is 0.330 e. The van der Waals surface area contributed by atoms with Crippen molar-refractivity contribution < 1.29 is 9.53 Å². The highest BCUT2D eigenvalue weighted by atomic mass is 16.5. The lowest BCUT2D eigenvalue weighted by molar-refractivity contribution is -0.137. The van der Waals surface area contributed by atoms with Gasteiger partial charge in [0.2, 0.25) is 0 Å². The number of carbonyl (C=O) groups excluding carboxylic acids is 1. The lowest BCUT2D eigenvalue weighted by Crippen LogP contribution is -2.25. The predicted molar refractivity (Wildman–Crippen MR) is 141 cm³/mol. The molecule has 0 aromatic heterocycles. The molecule has 1 aromatic carbocycles. The zero-order valence-corrected chi connectivity index (χ0v) is 20.8. The zero-order valence-electron chi connectivity index (χ0n) is 20.8. The van der Waals surface area contributed by atoms with E-state index in [4.69, 9.17) is 16.2 Å². The van der Waals surface area contributed by atoms with Gasteiger partial charge in [0.1, 0.15) is 0 Å². The van der Waals surface area contributed by atoms with Crippen molar-refractivity contribution in [1.82, 2.24) is 0 Å². The standard InChI is InChI=1S/C30H42N2O2/c1-21-2-7-23(8-3-21)25-11-13-26(14-12-25)24-9-4-22(5-10-24)6-17-30(33)34-19-18-27-15-16-28(31)20-29(27)32/h4,6,9-10,15-17,20-23,25-26H,2-3,5,7-8,11-14,18-19,31-32H2,1H3/b17-6+. The monoisotopic (exact) mass is 462 g/mol. The zero-order chi connectivity index (χ0) is 23.9. The molecule has 0 spiro atoms. The molecule has 0 heterocycles. The Morgan fingerprint density at radius 3 is 2.38 bits per heavy atom. The molecule has 0 amide bonds. The summed E-state index contributed by atoms with van der Waals surface area (Å²) in [6.45, 7) is 2.73. The van der Waals surface area contributed by atoms with Crippen LogP contribution in [-0.2, 0) is 16.0 Å². The Bertz CT molecular complexity index is 916. The van der Waals surface area contributed by atoms with E-state index in [1.165, 1.54) is 56.9 Å². The first kappa shape index (κ1) is 24.6. The van der Waals surface area contributed by atoms with Crippen molar-refractivity contribution in [3.05, 3.63) is 59.7 Å². The van der Waals surface area contributed by atoms with Crippen molar-refractivity contribution in [1.29, 1.82) is 0 Å². The molecule has 184 valence electrons. The molecule has 3 aliphatic rings. The minimum Gasteiger partial charge on any atom is -0.462 e. The van der Waals surface area contributed by atoms with Crippen LogP contribution in [0.3, 0.4) is 0 Å². The molecular weight excluding hydrogens is 420 g/mol. The molecule has 3 aliphatic carbocycles. The van der Waals surface area contributed by atoms with Gasteiger partial charge in [0, 0.05) is 23.9 Å². The molecule has 4 nitrogen and oxygen atoms in total. The second-order valence-corrected chi connectivity index (χ2v) is 10.8.